The molecule has 1 atom stereocenters. The Hall–Kier alpha value is -0.593. The lowest BCUT2D eigenvalue weighted by Crippen LogP contribution is -2.48. The Bertz CT molecular complexity index is 318. The minimum absolute atomic E-state index is 0.0962. The van der Waals surface area contributed by atoms with Crippen molar-refractivity contribution in [1.29, 1.82) is 0 Å². The lowest BCUT2D eigenvalue weighted by molar-refractivity contribution is 0.0454. The zero-order chi connectivity index (χ0) is 16.2. The van der Waals surface area contributed by atoms with Crippen molar-refractivity contribution < 1.29 is 19.1 Å². The molecule has 0 rings (SSSR count). The molecule has 0 fully saturated rings. The highest BCUT2D eigenvalue weighted by Crippen LogP contribution is 2.36. The third-order valence-electron chi connectivity index (χ3n) is 3.39. The van der Waals surface area contributed by atoms with Crippen molar-refractivity contribution in [3.63, 3.8) is 0 Å². The highest BCUT2D eigenvalue weighted by molar-refractivity contribution is 6.74. The number of amides is 1. The zero-order valence-electron chi connectivity index (χ0n) is 14.2. The van der Waals surface area contributed by atoms with Gasteiger partial charge in [0, 0.05) is 0 Å². The van der Waals surface area contributed by atoms with E-state index in [0.717, 1.165) is 0 Å². The fourth-order valence-electron chi connectivity index (χ4n) is 1.14. The van der Waals surface area contributed by atoms with E-state index in [1.54, 1.807) is 20.8 Å². The van der Waals surface area contributed by atoms with Gasteiger partial charge in [0.25, 0.3) is 0 Å². The van der Waals surface area contributed by atoms with Crippen molar-refractivity contribution in [2.75, 3.05) is 13.2 Å². The lowest BCUT2D eigenvalue weighted by atomic mass is 10.2. The van der Waals surface area contributed by atoms with Crippen LogP contribution >= 0.6 is 0 Å². The smallest absolute Gasteiger partial charge is 0.408 e. The molecule has 5 nitrogen and oxygen atoms in total. The molecule has 0 spiro atoms. The van der Waals surface area contributed by atoms with E-state index in [1.807, 2.05) is 0 Å². The van der Waals surface area contributed by atoms with Gasteiger partial charge < -0.3 is 19.6 Å². The van der Waals surface area contributed by atoms with Crippen molar-refractivity contribution in [1.82, 2.24) is 5.32 Å². The lowest BCUT2D eigenvalue weighted by Gasteiger charge is -2.37. The molecule has 0 radical (unpaired) electrons. The van der Waals surface area contributed by atoms with Crippen LogP contribution in [-0.2, 0) is 9.16 Å². The van der Waals surface area contributed by atoms with Gasteiger partial charge in [0.1, 0.15) is 5.60 Å². The van der Waals surface area contributed by atoms with Crippen LogP contribution in [0.1, 0.15) is 41.5 Å². The standard InChI is InChI=1S/C14H31NO4Si/c1-13(2,3)19-12(17)15-11(9-16)10-18-20(7,8)14(4,5)6/h11,16H,9-10H2,1-8H3,(H,15,17). The van der Waals surface area contributed by atoms with E-state index >= 15 is 0 Å². The molecule has 2 N–H and O–H groups in total. The first-order chi connectivity index (χ1) is 8.78. The molecule has 1 amide bonds. The van der Waals surface area contributed by atoms with Crippen LogP contribution in [-0.4, -0.2) is 44.4 Å². The van der Waals surface area contributed by atoms with Crippen molar-refractivity contribution >= 4 is 14.4 Å². The maximum absolute atomic E-state index is 11.7. The van der Waals surface area contributed by atoms with Gasteiger partial charge in [0.15, 0.2) is 8.32 Å². The van der Waals surface area contributed by atoms with Crippen LogP contribution in [0, 0.1) is 0 Å². The van der Waals surface area contributed by atoms with Gasteiger partial charge in [-0.1, -0.05) is 20.8 Å². The summed E-state index contributed by atoms with van der Waals surface area (Å²) in [7, 11) is -1.89. The highest BCUT2D eigenvalue weighted by atomic mass is 28.4. The van der Waals surface area contributed by atoms with Gasteiger partial charge in [-0.25, -0.2) is 4.79 Å². The summed E-state index contributed by atoms with van der Waals surface area (Å²) < 4.78 is 11.2. The topological polar surface area (TPSA) is 67.8 Å². The van der Waals surface area contributed by atoms with Crippen LogP contribution in [0.5, 0.6) is 0 Å². The minimum Gasteiger partial charge on any atom is -0.444 e. The third-order valence-corrected chi connectivity index (χ3v) is 7.89. The summed E-state index contributed by atoms with van der Waals surface area (Å²) >= 11 is 0. The van der Waals surface area contributed by atoms with Crippen LogP contribution < -0.4 is 5.32 Å². The molecular formula is C14H31NO4Si. The normalized spacial score (nSPS) is 14.8. The molecular weight excluding hydrogens is 274 g/mol. The number of rotatable bonds is 5. The summed E-state index contributed by atoms with van der Waals surface area (Å²) in [5.74, 6) is 0. The molecule has 0 aliphatic rings. The Labute approximate surface area is 124 Å². The van der Waals surface area contributed by atoms with Gasteiger partial charge in [0.2, 0.25) is 0 Å². The largest absolute Gasteiger partial charge is 0.444 e. The van der Waals surface area contributed by atoms with Gasteiger partial charge in [-0.15, -0.1) is 0 Å². The quantitative estimate of drug-likeness (QED) is 0.766. The molecule has 120 valence electrons. The molecule has 0 heterocycles. The Balaban J connectivity index is 4.41. The van der Waals surface area contributed by atoms with Crippen LogP contribution in [0.4, 0.5) is 4.79 Å². The number of aliphatic hydroxyl groups is 1. The van der Waals surface area contributed by atoms with E-state index in [2.05, 4.69) is 39.2 Å². The number of aliphatic hydroxyl groups excluding tert-OH is 1. The predicted molar refractivity (Wildman–Crippen MR) is 83.4 cm³/mol. The van der Waals surface area contributed by atoms with Crippen LogP contribution in [0.25, 0.3) is 0 Å². The number of hydrogen-bond acceptors (Lipinski definition) is 4. The van der Waals surface area contributed by atoms with E-state index in [1.165, 1.54) is 0 Å². The second kappa shape index (κ2) is 6.91. The number of carbonyl (C=O) groups excluding carboxylic acids is 1. The van der Waals surface area contributed by atoms with Gasteiger partial charge in [-0.05, 0) is 38.9 Å². The van der Waals surface area contributed by atoms with Crippen LogP contribution in [0.3, 0.4) is 0 Å². The molecule has 20 heavy (non-hydrogen) atoms. The molecule has 0 aliphatic carbocycles. The molecule has 0 saturated heterocycles. The van der Waals surface area contributed by atoms with E-state index in [4.69, 9.17) is 9.16 Å². The average Bonchev–Trinajstić information content (AvgIpc) is 2.19. The summed E-state index contributed by atoms with van der Waals surface area (Å²) in [5, 5.41) is 12.1. The Morgan fingerprint density at radius 3 is 2.05 bits per heavy atom. The van der Waals surface area contributed by atoms with Gasteiger partial charge in [-0.2, -0.15) is 0 Å². The van der Waals surface area contributed by atoms with Crippen molar-refractivity contribution in [3.8, 4) is 0 Å². The molecule has 0 bridgehead atoms. The van der Waals surface area contributed by atoms with Gasteiger partial charge in [0.05, 0.1) is 19.3 Å². The number of hydrogen-bond donors (Lipinski definition) is 2. The molecule has 0 aromatic rings. The number of carbonyl (C=O) groups is 1. The van der Waals surface area contributed by atoms with E-state index in [9.17, 15) is 9.90 Å². The summed E-state index contributed by atoms with van der Waals surface area (Å²) in [6.07, 6.45) is -0.532. The Kier molecular flexibility index (Phi) is 6.71. The van der Waals surface area contributed by atoms with Crippen LogP contribution in [0.15, 0.2) is 0 Å². The average molecular weight is 305 g/mol. The highest BCUT2D eigenvalue weighted by Gasteiger charge is 2.37. The first-order valence-corrected chi connectivity index (χ1v) is 9.93. The fourth-order valence-corrected chi connectivity index (χ4v) is 2.19. The first kappa shape index (κ1) is 19.4. The Morgan fingerprint density at radius 2 is 1.70 bits per heavy atom. The number of nitrogens with one attached hydrogen (secondary N) is 1. The fraction of sp³-hybridized carbons (Fsp3) is 0.929. The maximum atomic E-state index is 11.7. The number of alkyl carbamates (subject to hydrolysis) is 1. The van der Waals surface area contributed by atoms with Crippen molar-refractivity contribution in [2.24, 2.45) is 0 Å². The number of ether oxygens (including phenoxy) is 1. The molecule has 1 unspecified atom stereocenters. The molecule has 0 aromatic carbocycles. The predicted octanol–water partition coefficient (Wildman–Crippen LogP) is 2.89. The van der Waals surface area contributed by atoms with E-state index < -0.39 is 26.1 Å². The third kappa shape index (κ3) is 7.26. The summed E-state index contributed by atoms with van der Waals surface area (Å²) in [5.41, 5.74) is -0.551. The van der Waals surface area contributed by atoms with E-state index in [-0.39, 0.29) is 11.6 Å². The van der Waals surface area contributed by atoms with Crippen molar-refractivity contribution in [2.45, 2.75) is 71.3 Å². The zero-order valence-corrected chi connectivity index (χ0v) is 15.2. The van der Waals surface area contributed by atoms with Gasteiger partial charge in [-0.3, -0.25) is 0 Å². The summed E-state index contributed by atoms with van der Waals surface area (Å²) in [6, 6.07) is -0.445. The molecule has 0 aromatic heterocycles. The molecule has 6 heteroatoms. The summed E-state index contributed by atoms with van der Waals surface area (Å²) in [6.45, 7) is 16.2. The second-order valence-corrected chi connectivity index (χ2v) is 12.4. The van der Waals surface area contributed by atoms with Gasteiger partial charge >= 0.3 is 6.09 Å². The Morgan fingerprint density at radius 1 is 1.20 bits per heavy atom. The molecule has 0 aliphatic heterocycles. The van der Waals surface area contributed by atoms with E-state index in [0.29, 0.717) is 6.61 Å². The maximum Gasteiger partial charge on any atom is 0.408 e. The second-order valence-electron chi connectivity index (χ2n) is 7.60. The van der Waals surface area contributed by atoms with Crippen LogP contribution in [0.2, 0.25) is 18.1 Å². The SMILES string of the molecule is CC(C)(C)OC(=O)NC(CO)CO[Si](C)(C)C(C)(C)C. The minimum atomic E-state index is -1.89. The summed E-state index contributed by atoms with van der Waals surface area (Å²) in [4.78, 5) is 11.7. The molecule has 0 saturated carbocycles. The first-order valence-electron chi connectivity index (χ1n) is 7.03. The monoisotopic (exact) mass is 305 g/mol. The van der Waals surface area contributed by atoms with Crippen molar-refractivity contribution in [3.05, 3.63) is 0 Å².